The standard InChI is InChI=1S/C8H16N2O2S/c1-2-13(11,12)10-5-7-3-4-9-8(7)6-10/h7-9H,2-6H2,1H3/t7-,8+/m0/s1. The Morgan fingerprint density at radius 2 is 2.23 bits per heavy atom. The zero-order chi connectivity index (χ0) is 9.47. The molecule has 2 heterocycles. The van der Waals surface area contributed by atoms with Crippen molar-refractivity contribution in [3.8, 4) is 0 Å². The van der Waals surface area contributed by atoms with Crippen molar-refractivity contribution in [2.45, 2.75) is 19.4 Å². The number of hydrogen-bond acceptors (Lipinski definition) is 3. The summed E-state index contributed by atoms with van der Waals surface area (Å²) in [4.78, 5) is 0. The third-order valence-electron chi connectivity index (χ3n) is 3.09. The van der Waals surface area contributed by atoms with Crippen LogP contribution in [0.4, 0.5) is 0 Å². The SMILES string of the molecule is CCS(=O)(=O)N1C[C@@H]2CCN[C@@H]2C1. The van der Waals surface area contributed by atoms with E-state index >= 15 is 0 Å². The van der Waals surface area contributed by atoms with Crippen LogP contribution in [0.5, 0.6) is 0 Å². The Kier molecular flexibility index (Phi) is 2.33. The van der Waals surface area contributed by atoms with Crippen molar-refractivity contribution in [3.63, 3.8) is 0 Å². The predicted octanol–water partition coefficient (Wildman–Crippen LogP) is -0.370. The van der Waals surface area contributed by atoms with Gasteiger partial charge in [0, 0.05) is 19.1 Å². The minimum absolute atomic E-state index is 0.229. The van der Waals surface area contributed by atoms with E-state index < -0.39 is 10.0 Å². The van der Waals surface area contributed by atoms with Gasteiger partial charge in [-0.1, -0.05) is 0 Å². The highest BCUT2D eigenvalue weighted by atomic mass is 32.2. The van der Waals surface area contributed by atoms with Gasteiger partial charge in [0.15, 0.2) is 0 Å². The van der Waals surface area contributed by atoms with Gasteiger partial charge in [-0.3, -0.25) is 0 Å². The molecule has 0 bridgehead atoms. The largest absolute Gasteiger partial charge is 0.312 e. The molecular formula is C8H16N2O2S. The molecule has 0 saturated carbocycles. The normalized spacial score (nSPS) is 35.2. The first kappa shape index (κ1) is 9.43. The lowest BCUT2D eigenvalue weighted by Crippen LogP contribution is -2.34. The molecule has 13 heavy (non-hydrogen) atoms. The summed E-state index contributed by atoms with van der Waals surface area (Å²) in [6.45, 7) is 4.17. The first-order chi connectivity index (χ1) is 6.13. The molecule has 0 amide bonds. The van der Waals surface area contributed by atoms with E-state index in [0.717, 1.165) is 19.5 Å². The third kappa shape index (κ3) is 1.60. The van der Waals surface area contributed by atoms with E-state index in [1.165, 1.54) is 0 Å². The van der Waals surface area contributed by atoms with E-state index in [0.29, 0.717) is 18.5 Å². The van der Waals surface area contributed by atoms with Gasteiger partial charge in [0.2, 0.25) is 10.0 Å². The molecule has 0 aromatic heterocycles. The van der Waals surface area contributed by atoms with Gasteiger partial charge in [-0.2, -0.15) is 0 Å². The molecule has 0 spiro atoms. The van der Waals surface area contributed by atoms with E-state index in [2.05, 4.69) is 5.32 Å². The summed E-state index contributed by atoms with van der Waals surface area (Å²) in [6, 6.07) is 0.418. The molecule has 76 valence electrons. The maximum Gasteiger partial charge on any atom is 0.213 e. The Bertz CT molecular complexity index is 277. The second-order valence-corrected chi connectivity index (χ2v) is 6.08. The monoisotopic (exact) mass is 204 g/mol. The van der Waals surface area contributed by atoms with Crippen LogP contribution in [0.3, 0.4) is 0 Å². The number of rotatable bonds is 2. The molecule has 2 rings (SSSR count). The first-order valence-corrected chi connectivity index (χ1v) is 6.45. The fourth-order valence-electron chi connectivity index (χ4n) is 2.22. The number of nitrogens with one attached hydrogen (secondary N) is 1. The highest BCUT2D eigenvalue weighted by molar-refractivity contribution is 7.89. The fourth-order valence-corrected chi connectivity index (χ4v) is 3.39. The van der Waals surface area contributed by atoms with Gasteiger partial charge in [0.05, 0.1) is 5.75 Å². The zero-order valence-corrected chi connectivity index (χ0v) is 8.68. The van der Waals surface area contributed by atoms with Gasteiger partial charge in [-0.05, 0) is 25.8 Å². The Labute approximate surface area is 79.4 Å². The van der Waals surface area contributed by atoms with Gasteiger partial charge in [-0.25, -0.2) is 12.7 Å². The van der Waals surface area contributed by atoms with Crippen LogP contribution in [0.25, 0.3) is 0 Å². The van der Waals surface area contributed by atoms with Crippen molar-refractivity contribution < 1.29 is 8.42 Å². The molecule has 0 unspecified atom stereocenters. The molecule has 0 aliphatic carbocycles. The summed E-state index contributed by atoms with van der Waals surface area (Å²) in [7, 11) is -2.95. The molecule has 2 aliphatic heterocycles. The van der Waals surface area contributed by atoms with Crippen LogP contribution in [0, 0.1) is 5.92 Å². The van der Waals surface area contributed by atoms with Crippen molar-refractivity contribution in [2.75, 3.05) is 25.4 Å². The predicted molar refractivity (Wildman–Crippen MR) is 50.9 cm³/mol. The van der Waals surface area contributed by atoms with E-state index in [-0.39, 0.29) is 5.75 Å². The lowest BCUT2D eigenvalue weighted by molar-refractivity contribution is 0.449. The molecule has 0 radical (unpaired) electrons. The molecule has 5 heteroatoms. The topological polar surface area (TPSA) is 49.4 Å². The van der Waals surface area contributed by atoms with E-state index in [1.54, 1.807) is 11.2 Å². The second-order valence-electron chi connectivity index (χ2n) is 3.83. The van der Waals surface area contributed by atoms with Crippen LogP contribution in [0.2, 0.25) is 0 Å². The molecule has 2 saturated heterocycles. The second kappa shape index (κ2) is 3.22. The van der Waals surface area contributed by atoms with Crippen molar-refractivity contribution in [3.05, 3.63) is 0 Å². The molecule has 0 aromatic carbocycles. The Morgan fingerprint density at radius 3 is 2.85 bits per heavy atom. The molecule has 1 N–H and O–H groups in total. The summed E-state index contributed by atoms with van der Waals surface area (Å²) in [5.41, 5.74) is 0. The summed E-state index contributed by atoms with van der Waals surface area (Å²) < 4.78 is 24.7. The maximum absolute atomic E-state index is 11.5. The molecule has 4 nitrogen and oxygen atoms in total. The van der Waals surface area contributed by atoms with Crippen LogP contribution in [0.15, 0.2) is 0 Å². The average molecular weight is 204 g/mol. The van der Waals surface area contributed by atoms with Crippen LogP contribution < -0.4 is 5.32 Å². The van der Waals surface area contributed by atoms with Gasteiger partial charge in [0.1, 0.15) is 0 Å². The lowest BCUT2D eigenvalue weighted by Gasteiger charge is -2.15. The van der Waals surface area contributed by atoms with Crippen LogP contribution in [-0.2, 0) is 10.0 Å². The van der Waals surface area contributed by atoms with Crippen LogP contribution >= 0.6 is 0 Å². The number of fused-ring (bicyclic) bond motifs is 1. The van der Waals surface area contributed by atoms with Crippen LogP contribution in [-0.4, -0.2) is 44.2 Å². The third-order valence-corrected chi connectivity index (χ3v) is 4.90. The quantitative estimate of drug-likeness (QED) is 0.667. The van der Waals surface area contributed by atoms with Crippen molar-refractivity contribution >= 4 is 10.0 Å². The highest BCUT2D eigenvalue weighted by Gasteiger charge is 2.39. The minimum Gasteiger partial charge on any atom is -0.312 e. The lowest BCUT2D eigenvalue weighted by atomic mass is 10.1. The zero-order valence-electron chi connectivity index (χ0n) is 7.86. The fraction of sp³-hybridized carbons (Fsp3) is 1.00. The highest BCUT2D eigenvalue weighted by Crippen LogP contribution is 2.26. The van der Waals surface area contributed by atoms with Gasteiger partial charge < -0.3 is 5.32 Å². The molecule has 2 aliphatic rings. The smallest absolute Gasteiger partial charge is 0.213 e. The van der Waals surface area contributed by atoms with Gasteiger partial charge in [-0.15, -0.1) is 0 Å². The summed E-state index contributed by atoms with van der Waals surface area (Å²) in [6.07, 6.45) is 1.13. The Morgan fingerprint density at radius 1 is 1.46 bits per heavy atom. The molecule has 0 aromatic rings. The minimum atomic E-state index is -2.95. The molecular weight excluding hydrogens is 188 g/mol. The number of hydrogen-bond donors (Lipinski definition) is 1. The molecule has 2 atom stereocenters. The van der Waals surface area contributed by atoms with Gasteiger partial charge >= 0.3 is 0 Å². The Hall–Kier alpha value is -0.130. The summed E-state index contributed by atoms with van der Waals surface area (Å²) in [5.74, 6) is 0.785. The maximum atomic E-state index is 11.5. The van der Waals surface area contributed by atoms with E-state index in [9.17, 15) is 8.42 Å². The van der Waals surface area contributed by atoms with E-state index in [4.69, 9.17) is 0 Å². The van der Waals surface area contributed by atoms with Crippen molar-refractivity contribution in [1.82, 2.24) is 9.62 Å². The summed E-state index contributed by atoms with van der Waals surface area (Å²) >= 11 is 0. The average Bonchev–Trinajstić information content (AvgIpc) is 2.61. The van der Waals surface area contributed by atoms with Crippen LogP contribution in [0.1, 0.15) is 13.3 Å². The summed E-state index contributed by atoms with van der Waals surface area (Å²) in [5, 5.41) is 3.34. The first-order valence-electron chi connectivity index (χ1n) is 4.84. The van der Waals surface area contributed by atoms with Gasteiger partial charge in [0.25, 0.3) is 0 Å². The Balaban J connectivity index is 2.07. The number of sulfonamides is 1. The van der Waals surface area contributed by atoms with Crippen molar-refractivity contribution in [1.29, 1.82) is 0 Å². The number of nitrogens with zero attached hydrogens (tertiary/aromatic N) is 1. The molecule has 2 fully saturated rings. The van der Waals surface area contributed by atoms with Crippen molar-refractivity contribution in [2.24, 2.45) is 5.92 Å². The van der Waals surface area contributed by atoms with E-state index in [1.807, 2.05) is 0 Å².